The maximum absolute atomic E-state index is 9.76. The van der Waals surface area contributed by atoms with E-state index in [9.17, 15) is 10.0 Å². The minimum Gasteiger partial charge on any atom is -1.00 e. The second kappa shape index (κ2) is 10.4. The molecule has 2 rings (SSSR count). The van der Waals surface area contributed by atoms with Gasteiger partial charge in [0.15, 0.2) is 7.32 Å². The number of nitrogens with zero attached hydrogens (tertiary/aromatic N) is 4. The van der Waals surface area contributed by atoms with Gasteiger partial charge in [-0.15, -0.1) is 19.9 Å². The van der Waals surface area contributed by atoms with E-state index in [1.165, 1.54) is 24.8 Å². The predicted molar refractivity (Wildman–Crippen MR) is 56.9 cm³/mol. The Morgan fingerprint density at radius 1 is 1.05 bits per heavy atom. The fourth-order valence-corrected chi connectivity index (χ4v) is 0.819. The van der Waals surface area contributed by atoms with E-state index in [0.29, 0.717) is 0 Å². The van der Waals surface area contributed by atoms with Gasteiger partial charge in [-0.3, -0.25) is 0 Å². The molecule has 0 unspecified atom stereocenters. The number of aromatic nitrogens is 4. The van der Waals surface area contributed by atoms with E-state index < -0.39 is 14.6 Å². The normalized spacial score (nSPS) is 8.63. The van der Waals surface area contributed by atoms with Crippen molar-refractivity contribution in [3.05, 3.63) is 36.9 Å². The summed E-state index contributed by atoms with van der Waals surface area (Å²) >= 11 is 0. The molecule has 19 heavy (non-hydrogen) atoms. The Hall–Kier alpha value is -0.374. The molecule has 13 heteroatoms. The maximum atomic E-state index is 9.76. The van der Waals surface area contributed by atoms with Gasteiger partial charge in [0.05, 0.1) is 24.8 Å². The van der Waals surface area contributed by atoms with Gasteiger partial charge in [0.1, 0.15) is 0 Å². The van der Waals surface area contributed by atoms with Crippen molar-refractivity contribution in [3.8, 4) is 0 Å². The molecule has 0 saturated carbocycles. The summed E-state index contributed by atoms with van der Waals surface area (Å²) in [6, 6.07) is 3.14. The summed E-state index contributed by atoms with van der Waals surface area (Å²) in [6.45, 7) is 0. The number of rotatable bonds is 4. The third kappa shape index (κ3) is 9.20. The standard InChI is InChI=1S/C3H5BN2O3.C3H3BN2O3.K.H/c2*7-4(8)9-6-3-1-2-5-6;;/h1-3,7-8H;1-3H;;/q;-2;+1;-1/p+2. The first-order valence-corrected chi connectivity index (χ1v) is 4.59. The van der Waals surface area contributed by atoms with Crippen LogP contribution in [0.1, 0.15) is 4.28 Å². The summed E-state index contributed by atoms with van der Waals surface area (Å²) < 4.78 is 8.32. The minimum atomic E-state index is -2.31. The van der Waals surface area contributed by atoms with Crippen LogP contribution >= 0.6 is 0 Å². The zero-order valence-corrected chi connectivity index (χ0v) is 13.1. The second-order valence-corrected chi connectivity index (χ2v) is 2.64. The molecule has 0 fully saturated rings. The van der Waals surface area contributed by atoms with E-state index in [0.717, 1.165) is 9.69 Å². The first-order valence-electron chi connectivity index (χ1n) is 4.59. The molecule has 2 heterocycles. The van der Waals surface area contributed by atoms with Crippen molar-refractivity contribution < 1.29 is 85.3 Å². The van der Waals surface area contributed by atoms with Crippen molar-refractivity contribution in [2.45, 2.75) is 0 Å². The monoisotopic (exact) mass is 296 g/mol. The van der Waals surface area contributed by atoms with Gasteiger partial charge in [-0.1, -0.05) is 0 Å². The van der Waals surface area contributed by atoms with Crippen molar-refractivity contribution in [1.29, 1.82) is 0 Å². The third-order valence-electron chi connectivity index (χ3n) is 1.36. The van der Waals surface area contributed by atoms with E-state index in [1.807, 2.05) is 0 Å². The molecule has 2 aromatic rings. The van der Waals surface area contributed by atoms with Crippen LogP contribution in [0.15, 0.2) is 36.9 Å². The summed E-state index contributed by atoms with van der Waals surface area (Å²) in [5.74, 6) is 0. The van der Waals surface area contributed by atoms with Gasteiger partial charge in [-0.25, -0.2) is 0 Å². The van der Waals surface area contributed by atoms with Crippen molar-refractivity contribution in [3.63, 3.8) is 0 Å². The SMILES string of the molecule is OB(O)On1cccn1.[H+].[H+].[H-].[K+].[O-]B([O-])On1cccn1. The van der Waals surface area contributed by atoms with Gasteiger partial charge < -0.3 is 31.0 Å². The van der Waals surface area contributed by atoms with Crippen LogP contribution in [-0.4, -0.2) is 44.6 Å². The van der Waals surface area contributed by atoms with Crippen molar-refractivity contribution in [1.82, 2.24) is 19.9 Å². The molecule has 0 radical (unpaired) electrons. The molecule has 0 aromatic carbocycles. The van der Waals surface area contributed by atoms with Crippen LogP contribution < -0.4 is 70.9 Å². The Balaban J connectivity index is -0.000000125. The molecule has 0 bridgehead atoms. The van der Waals surface area contributed by atoms with E-state index >= 15 is 0 Å². The van der Waals surface area contributed by atoms with Crippen LogP contribution in [0.4, 0.5) is 0 Å². The molecular formula is C6H11B2KN4O6. The molecule has 2 aromatic heterocycles. The van der Waals surface area contributed by atoms with E-state index in [1.54, 1.807) is 12.1 Å². The molecule has 98 valence electrons. The molecule has 2 N–H and O–H groups in total. The molecule has 10 nitrogen and oxygen atoms in total. The zero-order chi connectivity index (χ0) is 13.4. The zero-order valence-electron chi connectivity index (χ0n) is 12.9. The average molecular weight is 296 g/mol. The summed E-state index contributed by atoms with van der Waals surface area (Å²) in [5, 5.41) is 42.9. The molecule has 0 atom stereocenters. The van der Waals surface area contributed by atoms with Crippen molar-refractivity contribution >= 4 is 14.6 Å². The van der Waals surface area contributed by atoms with Gasteiger partial charge in [-0.2, -0.15) is 0 Å². The minimum absolute atomic E-state index is 0. The molecule has 0 spiro atoms. The Morgan fingerprint density at radius 3 is 1.84 bits per heavy atom. The summed E-state index contributed by atoms with van der Waals surface area (Å²) in [4.78, 5) is 1.77. The van der Waals surface area contributed by atoms with Crippen LogP contribution in [0.25, 0.3) is 0 Å². The van der Waals surface area contributed by atoms with E-state index in [2.05, 4.69) is 19.7 Å². The Morgan fingerprint density at radius 2 is 1.53 bits per heavy atom. The van der Waals surface area contributed by atoms with Gasteiger partial charge in [0.2, 0.25) is 0 Å². The first kappa shape index (κ1) is 18.6. The Kier molecular flexibility index (Phi) is 10.2. The molecular weight excluding hydrogens is 285 g/mol. The van der Waals surface area contributed by atoms with Crippen LogP contribution in [0.2, 0.25) is 0 Å². The fourth-order valence-electron chi connectivity index (χ4n) is 0.819. The van der Waals surface area contributed by atoms with Crippen LogP contribution in [0.5, 0.6) is 0 Å². The van der Waals surface area contributed by atoms with E-state index in [-0.39, 0.29) is 55.7 Å². The van der Waals surface area contributed by atoms with Crippen molar-refractivity contribution in [2.75, 3.05) is 0 Å². The number of hydrogen-bond acceptors (Lipinski definition) is 8. The number of hydrogen-bond donors (Lipinski definition) is 2. The quantitative estimate of drug-likeness (QED) is 0.530. The maximum Gasteiger partial charge on any atom is 1.00 e. The van der Waals surface area contributed by atoms with Gasteiger partial charge in [0.25, 0.3) is 0 Å². The summed E-state index contributed by atoms with van der Waals surface area (Å²) in [6.07, 6.45) is 5.67. The van der Waals surface area contributed by atoms with Crippen molar-refractivity contribution in [2.24, 2.45) is 0 Å². The second-order valence-electron chi connectivity index (χ2n) is 2.64. The fraction of sp³-hybridized carbons (Fsp3) is 0. The molecule has 0 aliphatic heterocycles. The summed E-state index contributed by atoms with van der Waals surface area (Å²) in [7, 11) is -4.13. The predicted octanol–water partition coefficient (Wildman–Crippen LogP) is -7.36. The Labute approximate surface area is 155 Å². The average Bonchev–Trinajstić information content (AvgIpc) is 2.90. The molecule has 0 aliphatic rings. The van der Waals surface area contributed by atoms with Crippen LogP contribution in [0.3, 0.4) is 0 Å². The van der Waals surface area contributed by atoms with Crippen LogP contribution in [-0.2, 0) is 0 Å². The smallest absolute Gasteiger partial charge is 1.00 e. The van der Waals surface area contributed by atoms with Gasteiger partial charge >= 0.3 is 61.6 Å². The molecule has 0 aliphatic carbocycles. The summed E-state index contributed by atoms with van der Waals surface area (Å²) in [5.41, 5.74) is 0. The topological polar surface area (TPSA) is 141 Å². The third-order valence-corrected chi connectivity index (χ3v) is 1.36. The molecule has 0 amide bonds. The van der Waals surface area contributed by atoms with Gasteiger partial charge in [0, 0.05) is 0 Å². The van der Waals surface area contributed by atoms with Crippen LogP contribution in [0, 0.1) is 0 Å². The molecule has 0 saturated heterocycles. The van der Waals surface area contributed by atoms with Gasteiger partial charge in [-0.05, 0) is 12.1 Å². The van der Waals surface area contributed by atoms with E-state index in [4.69, 9.17) is 10.0 Å². The first-order chi connectivity index (χ1) is 8.58. The Bertz CT molecular complexity index is 386. The largest absolute Gasteiger partial charge is 1.00 e.